The van der Waals surface area contributed by atoms with Crippen molar-refractivity contribution in [2.24, 2.45) is 5.41 Å². The van der Waals surface area contributed by atoms with Crippen LogP contribution >= 0.6 is 0 Å². The smallest absolute Gasteiger partial charge is 0.433 e. The first-order valence-electron chi connectivity index (χ1n) is 9.06. The van der Waals surface area contributed by atoms with Crippen LogP contribution in [-0.4, -0.2) is 39.6 Å². The lowest BCUT2D eigenvalue weighted by molar-refractivity contribution is -0.141. The van der Waals surface area contributed by atoms with Gasteiger partial charge in [0.1, 0.15) is 23.4 Å². The summed E-state index contributed by atoms with van der Waals surface area (Å²) in [5.74, 6) is -1.19. The minimum atomic E-state index is -4.72. The first-order chi connectivity index (χ1) is 13.2. The van der Waals surface area contributed by atoms with Crippen LogP contribution in [0.5, 0.6) is 0 Å². The molecule has 1 aliphatic carbocycles. The Morgan fingerprint density at radius 1 is 1.31 bits per heavy atom. The fourth-order valence-electron chi connectivity index (χ4n) is 3.58. The van der Waals surface area contributed by atoms with Gasteiger partial charge in [0, 0.05) is 6.04 Å². The molecule has 1 saturated heterocycles. The number of aromatic nitrogens is 1. The average molecular weight is 410 g/mol. The van der Waals surface area contributed by atoms with Crippen molar-refractivity contribution in [3.63, 3.8) is 0 Å². The van der Waals surface area contributed by atoms with Crippen LogP contribution in [0, 0.1) is 16.7 Å². The van der Waals surface area contributed by atoms with Crippen molar-refractivity contribution >= 4 is 17.8 Å². The Morgan fingerprint density at radius 3 is 2.52 bits per heavy atom. The Kier molecular flexibility index (Phi) is 4.76. The number of hydrogen-bond acceptors (Lipinski definition) is 5. The van der Waals surface area contributed by atoms with Crippen LogP contribution in [-0.2, 0) is 15.7 Å². The minimum Gasteiger partial charge on any atom is -0.444 e. The molecule has 0 spiro atoms. The van der Waals surface area contributed by atoms with E-state index in [1.165, 1.54) is 4.90 Å². The molecule has 2 aliphatic rings. The van der Waals surface area contributed by atoms with Gasteiger partial charge in [-0.05, 0) is 51.2 Å². The second-order valence-corrected chi connectivity index (χ2v) is 8.67. The van der Waals surface area contributed by atoms with E-state index in [4.69, 9.17) is 10.00 Å². The van der Waals surface area contributed by atoms with E-state index in [1.807, 2.05) is 6.92 Å². The Morgan fingerprint density at radius 2 is 1.97 bits per heavy atom. The monoisotopic (exact) mass is 410 g/mol. The number of carbonyl (C=O) groups is 2. The molecule has 0 aromatic carbocycles. The quantitative estimate of drug-likeness (QED) is 0.802. The summed E-state index contributed by atoms with van der Waals surface area (Å²) in [4.78, 5) is 30.2. The van der Waals surface area contributed by atoms with Crippen LogP contribution in [0.2, 0.25) is 0 Å². The number of carbonyl (C=O) groups excluding carboxylic acids is 2. The molecule has 3 atom stereocenters. The van der Waals surface area contributed by atoms with Gasteiger partial charge < -0.3 is 10.1 Å². The highest BCUT2D eigenvalue weighted by molar-refractivity contribution is 5.97. The number of anilines is 1. The van der Waals surface area contributed by atoms with E-state index in [9.17, 15) is 22.8 Å². The van der Waals surface area contributed by atoms with Crippen LogP contribution in [0.1, 0.15) is 51.8 Å². The minimum absolute atomic E-state index is 0.169. The zero-order chi connectivity index (χ0) is 21.8. The molecular formula is C19H21F3N4O3. The zero-order valence-corrected chi connectivity index (χ0v) is 16.4. The van der Waals surface area contributed by atoms with E-state index in [0.717, 1.165) is 12.5 Å². The Bertz CT molecular complexity index is 903. The first kappa shape index (κ1) is 20.9. The molecule has 2 amide bonds. The van der Waals surface area contributed by atoms with Gasteiger partial charge in [0.2, 0.25) is 5.91 Å². The molecule has 7 nitrogen and oxygen atoms in total. The standard InChI is InChI=1S/C19H21F3N4O3/c1-17(2,3)29-16(28)26-11(7-18(4)8-13(18)26)15(27)25-14-10(9-23)5-6-12(24-14)19(20,21)22/h5-6,11,13H,7-8H2,1-4H3,(H,24,25,27)/t11-,13+,18-/m0/s1. The maximum atomic E-state index is 12.9. The summed E-state index contributed by atoms with van der Waals surface area (Å²) in [5, 5.41) is 11.4. The van der Waals surface area contributed by atoms with Crippen molar-refractivity contribution < 1.29 is 27.5 Å². The number of rotatable bonds is 2. The van der Waals surface area contributed by atoms with Gasteiger partial charge in [-0.2, -0.15) is 18.4 Å². The van der Waals surface area contributed by atoms with Gasteiger partial charge in [-0.25, -0.2) is 9.78 Å². The molecule has 1 aromatic rings. The van der Waals surface area contributed by atoms with E-state index in [1.54, 1.807) is 26.8 Å². The van der Waals surface area contributed by atoms with E-state index in [0.29, 0.717) is 12.5 Å². The first-order valence-corrected chi connectivity index (χ1v) is 9.06. The lowest BCUT2D eigenvalue weighted by atomic mass is 10.0. The molecule has 2 fully saturated rings. The molecule has 10 heteroatoms. The lowest BCUT2D eigenvalue weighted by Crippen LogP contribution is -2.47. The van der Waals surface area contributed by atoms with Gasteiger partial charge >= 0.3 is 12.3 Å². The number of hydrogen-bond donors (Lipinski definition) is 1. The topological polar surface area (TPSA) is 95.3 Å². The Labute approximate surface area is 165 Å². The SMILES string of the molecule is CC(C)(C)OC(=O)N1[C@H](C(=O)Nc2nc(C(F)(F)F)ccc2C#N)C[C@@]2(C)C[C@@H]12. The molecule has 1 aliphatic heterocycles. The largest absolute Gasteiger partial charge is 0.444 e. The van der Waals surface area contributed by atoms with Gasteiger partial charge in [-0.15, -0.1) is 0 Å². The highest BCUT2D eigenvalue weighted by atomic mass is 19.4. The van der Waals surface area contributed by atoms with Gasteiger partial charge in [0.15, 0.2) is 5.82 Å². The summed E-state index contributed by atoms with van der Waals surface area (Å²) in [7, 11) is 0. The zero-order valence-electron chi connectivity index (χ0n) is 16.4. The molecule has 1 aromatic heterocycles. The number of ether oxygens (including phenoxy) is 1. The van der Waals surface area contributed by atoms with Crippen molar-refractivity contribution in [3.8, 4) is 6.07 Å². The third-order valence-electron chi connectivity index (χ3n) is 5.09. The predicted molar refractivity (Wildman–Crippen MR) is 95.6 cm³/mol. The van der Waals surface area contributed by atoms with Gasteiger partial charge in [-0.3, -0.25) is 9.69 Å². The summed E-state index contributed by atoms with van der Waals surface area (Å²) in [5.41, 5.74) is -2.43. The molecule has 2 heterocycles. The summed E-state index contributed by atoms with van der Waals surface area (Å²) in [6.45, 7) is 7.04. The molecular weight excluding hydrogens is 389 g/mol. The highest BCUT2D eigenvalue weighted by Crippen LogP contribution is 2.59. The van der Waals surface area contributed by atoms with Crippen LogP contribution in [0.3, 0.4) is 0 Å². The van der Waals surface area contributed by atoms with E-state index in [2.05, 4.69) is 10.3 Å². The summed E-state index contributed by atoms with van der Waals surface area (Å²) in [6, 6.07) is 2.24. The predicted octanol–water partition coefficient (Wildman–Crippen LogP) is 3.70. The number of halogens is 3. The number of amides is 2. The molecule has 156 valence electrons. The van der Waals surface area contributed by atoms with Crippen molar-refractivity contribution in [1.29, 1.82) is 5.26 Å². The molecule has 1 N–H and O–H groups in total. The van der Waals surface area contributed by atoms with Crippen molar-refractivity contribution in [2.45, 2.75) is 64.4 Å². The third-order valence-corrected chi connectivity index (χ3v) is 5.09. The maximum Gasteiger partial charge on any atom is 0.433 e. The van der Waals surface area contributed by atoms with Crippen molar-refractivity contribution in [3.05, 3.63) is 23.4 Å². The molecule has 1 saturated carbocycles. The van der Waals surface area contributed by atoms with Gasteiger partial charge in [-0.1, -0.05) is 6.92 Å². The van der Waals surface area contributed by atoms with Crippen LogP contribution < -0.4 is 5.32 Å². The van der Waals surface area contributed by atoms with Crippen LogP contribution in [0.15, 0.2) is 12.1 Å². The number of nitrogens with zero attached hydrogens (tertiary/aromatic N) is 3. The third kappa shape index (κ3) is 4.13. The lowest BCUT2D eigenvalue weighted by Gasteiger charge is -2.29. The van der Waals surface area contributed by atoms with Gasteiger partial charge in [0.05, 0.1) is 5.56 Å². The van der Waals surface area contributed by atoms with Crippen molar-refractivity contribution in [2.75, 3.05) is 5.32 Å². The molecule has 29 heavy (non-hydrogen) atoms. The number of piperidine rings is 1. The number of pyridine rings is 1. The molecule has 0 unspecified atom stereocenters. The number of alkyl halides is 3. The average Bonchev–Trinajstić information content (AvgIpc) is 3.13. The van der Waals surface area contributed by atoms with Crippen molar-refractivity contribution in [1.82, 2.24) is 9.88 Å². The fraction of sp³-hybridized carbons (Fsp3) is 0.579. The molecule has 0 radical (unpaired) electrons. The number of fused-ring (bicyclic) bond motifs is 1. The second-order valence-electron chi connectivity index (χ2n) is 8.67. The van der Waals surface area contributed by atoms with E-state index >= 15 is 0 Å². The highest BCUT2D eigenvalue weighted by Gasteiger charge is 2.65. The van der Waals surface area contributed by atoms with E-state index < -0.39 is 41.3 Å². The number of nitrogens with one attached hydrogen (secondary N) is 1. The number of nitriles is 1. The normalized spacial score (nSPS) is 25.8. The summed E-state index contributed by atoms with van der Waals surface area (Å²) < 4.78 is 44.2. The summed E-state index contributed by atoms with van der Waals surface area (Å²) in [6.07, 6.45) is -4.30. The van der Waals surface area contributed by atoms with E-state index in [-0.39, 0.29) is 17.0 Å². The van der Waals surface area contributed by atoms with Crippen LogP contribution in [0.25, 0.3) is 0 Å². The Hall–Kier alpha value is -2.83. The fourth-order valence-corrected chi connectivity index (χ4v) is 3.58. The Balaban J connectivity index is 1.85. The van der Waals surface area contributed by atoms with Crippen LogP contribution in [0.4, 0.5) is 23.8 Å². The number of likely N-dealkylation sites (tertiary alicyclic amines) is 1. The molecule has 3 rings (SSSR count). The second kappa shape index (κ2) is 6.61. The maximum absolute atomic E-state index is 12.9. The summed E-state index contributed by atoms with van der Waals surface area (Å²) >= 11 is 0. The van der Waals surface area contributed by atoms with Gasteiger partial charge in [0.25, 0.3) is 0 Å². The molecule has 0 bridgehead atoms.